The van der Waals surface area contributed by atoms with E-state index >= 15 is 0 Å². The summed E-state index contributed by atoms with van der Waals surface area (Å²) >= 11 is 5.32. The van der Waals surface area contributed by atoms with Crippen LogP contribution in [0.5, 0.6) is 17.2 Å². The number of methoxy groups -OCH3 is 1. The molecule has 3 aromatic rings. The zero-order chi connectivity index (χ0) is 25.2. The van der Waals surface area contributed by atoms with Crippen LogP contribution < -0.4 is 30.2 Å². The molecule has 0 radical (unpaired) electrons. The predicted molar refractivity (Wildman–Crippen MR) is 140 cm³/mol. The second kappa shape index (κ2) is 12.4. The molecule has 3 N–H and O–H groups in total. The van der Waals surface area contributed by atoms with E-state index in [9.17, 15) is 9.59 Å². The van der Waals surface area contributed by atoms with Crippen molar-refractivity contribution >= 4 is 40.5 Å². The van der Waals surface area contributed by atoms with Crippen molar-refractivity contribution in [1.82, 2.24) is 5.32 Å². The van der Waals surface area contributed by atoms with Gasteiger partial charge in [0.05, 0.1) is 20.3 Å². The van der Waals surface area contributed by atoms with Crippen molar-refractivity contribution in [2.24, 2.45) is 0 Å². The van der Waals surface area contributed by atoms with Gasteiger partial charge in [0.2, 0.25) is 5.75 Å². The molecule has 0 heterocycles. The second-order valence-corrected chi connectivity index (χ2v) is 7.59. The lowest BCUT2D eigenvalue weighted by molar-refractivity contribution is 0.0975. The van der Waals surface area contributed by atoms with Gasteiger partial charge in [-0.1, -0.05) is 24.3 Å². The van der Waals surface area contributed by atoms with Gasteiger partial charge in [-0.15, -0.1) is 0 Å². The summed E-state index contributed by atoms with van der Waals surface area (Å²) in [5.74, 6) is 0.540. The number of anilines is 2. The van der Waals surface area contributed by atoms with E-state index in [0.717, 1.165) is 0 Å². The van der Waals surface area contributed by atoms with Crippen LogP contribution in [0, 0.1) is 0 Å². The maximum atomic E-state index is 12.9. The highest BCUT2D eigenvalue weighted by atomic mass is 32.1. The average molecular weight is 494 g/mol. The van der Waals surface area contributed by atoms with Crippen molar-refractivity contribution in [3.05, 3.63) is 77.9 Å². The van der Waals surface area contributed by atoms with Crippen molar-refractivity contribution in [2.75, 3.05) is 31.0 Å². The molecule has 0 bridgehead atoms. The van der Waals surface area contributed by atoms with Crippen LogP contribution in [0.1, 0.15) is 34.6 Å². The predicted octanol–water partition coefficient (Wildman–Crippen LogP) is 4.87. The molecule has 35 heavy (non-hydrogen) atoms. The van der Waals surface area contributed by atoms with Gasteiger partial charge in [0.15, 0.2) is 16.6 Å². The Kier molecular flexibility index (Phi) is 9.02. The van der Waals surface area contributed by atoms with E-state index in [0.29, 0.717) is 53.0 Å². The fourth-order valence-corrected chi connectivity index (χ4v) is 3.42. The summed E-state index contributed by atoms with van der Waals surface area (Å²) in [4.78, 5) is 25.3. The third-order valence-electron chi connectivity index (χ3n) is 4.73. The summed E-state index contributed by atoms with van der Waals surface area (Å²) in [5.41, 5.74) is 2.02. The van der Waals surface area contributed by atoms with Gasteiger partial charge in [-0.25, -0.2) is 0 Å². The Morgan fingerprint density at radius 2 is 1.43 bits per heavy atom. The zero-order valence-electron chi connectivity index (χ0n) is 19.7. The highest BCUT2D eigenvalue weighted by Gasteiger charge is 2.18. The molecule has 3 aromatic carbocycles. The highest BCUT2D eigenvalue weighted by molar-refractivity contribution is 7.80. The van der Waals surface area contributed by atoms with Crippen LogP contribution in [-0.2, 0) is 0 Å². The van der Waals surface area contributed by atoms with Gasteiger partial charge >= 0.3 is 0 Å². The standard InChI is InChI=1S/C26H27N3O5S/c1-4-33-22-15-18(14-21(32-3)23(22)34-5-2)25(31)29-26(35)28-20-13-9-12-19(16-20)27-24(30)17-10-7-6-8-11-17/h6-16H,4-5H2,1-3H3,(H,27,30)(H2,28,29,31,35). The first kappa shape index (κ1) is 25.5. The van der Waals surface area contributed by atoms with Crippen LogP contribution in [0.4, 0.5) is 11.4 Å². The summed E-state index contributed by atoms with van der Waals surface area (Å²) in [6.07, 6.45) is 0. The van der Waals surface area contributed by atoms with Crippen LogP contribution in [0.25, 0.3) is 0 Å². The maximum absolute atomic E-state index is 12.9. The number of amides is 2. The molecule has 0 aliphatic rings. The van der Waals surface area contributed by atoms with Crippen LogP contribution in [0.15, 0.2) is 66.7 Å². The van der Waals surface area contributed by atoms with Crippen molar-refractivity contribution in [2.45, 2.75) is 13.8 Å². The van der Waals surface area contributed by atoms with E-state index in [2.05, 4.69) is 16.0 Å². The van der Waals surface area contributed by atoms with Crippen molar-refractivity contribution < 1.29 is 23.8 Å². The third kappa shape index (κ3) is 6.94. The molecule has 9 heteroatoms. The molecule has 0 atom stereocenters. The minimum Gasteiger partial charge on any atom is -0.493 e. The molecule has 0 aromatic heterocycles. The average Bonchev–Trinajstić information content (AvgIpc) is 2.85. The molecule has 0 aliphatic heterocycles. The molecular formula is C26H27N3O5S. The molecule has 0 spiro atoms. The third-order valence-corrected chi connectivity index (χ3v) is 4.94. The molecule has 0 aliphatic carbocycles. The fraction of sp³-hybridized carbons (Fsp3) is 0.192. The zero-order valence-corrected chi connectivity index (χ0v) is 20.5. The Morgan fingerprint density at radius 3 is 2.09 bits per heavy atom. The lowest BCUT2D eigenvalue weighted by Crippen LogP contribution is -2.34. The topological polar surface area (TPSA) is 97.9 Å². The number of nitrogens with one attached hydrogen (secondary N) is 3. The lowest BCUT2D eigenvalue weighted by Gasteiger charge is -2.16. The molecule has 3 rings (SSSR count). The number of carbonyl (C=O) groups is 2. The largest absolute Gasteiger partial charge is 0.493 e. The molecular weight excluding hydrogens is 466 g/mol. The Bertz CT molecular complexity index is 1200. The van der Waals surface area contributed by atoms with E-state index in [4.69, 9.17) is 26.4 Å². The molecule has 8 nitrogen and oxygen atoms in total. The van der Waals surface area contributed by atoms with Gasteiger partial charge in [0, 0.05) is 22.5 Å². The van der Waals surface area contributed by atoms with E-state index in [1.807, 2.05) is 19.9 Å². The first-order valence-electron chi connectivity index (χ1n) is 11.0. The number of ether oxygens (including phenoxy) is 3. The molecule has 0 saturated heterocycles. The quantitative estimate of drug-likeness (QED) is 0.366. The van der Waals surface area contributed by atoms with Gasteiger partial charge < -0.3 is 24.8 Å². The van der Waals surface area contributed by atoms with Gasteiger partial charge in [-0.05, 0) is 68.5 Å². The highest BCUT2D eigenvalue weighted by Crippen LogP contribution is 2.38. The number of rotatable bonds is 9. The number of thiocarbonyl (C=S) groups is 1. The van der Waals surface area contributed by atoms with Crippen molar-refractivity contribution in [3.63, 3.8) is 0 Å². The van der Waals surface area contributed by atoms with Crippen molar-refractivity contribution in [3.8, 4) is 17.2 Å². The van der Waals surface area contributed by atoms with Crippen LogP contribution >= 0.6 is 12.2 Å². The normalized spacial score (nSPS) is 10.1. The van der Waals surface area contributed by atoms with E-state index in [1.54, 1.807) is 60.7 Å². The van der Waals surface area contributed by atoms with Crippen LogP contribution in [-0.4, -0.2) is 37.3 Å². The summed E-state index contributed by atoms with van der Waals surface area (Å²) < 4.78 is 16.6. The number of benzene rings is 3. The number of carbonyl (C=O) groups excluding carboxylic acids is 2. The lowest BCUT2D eigenvalue weighted by atomic mass is 10.1. The second-order valence-electron chi connectivity index (χ2n) is 7.18. The van der Waals surface area contributed by atoms with Gasteiger partial charge in [0.25, 0.3) is 11.8 Å². The molecule has 0 fully saturated rings. The minimum atomic E-state index is -0.446. The Balaban J connectivity index is 1.68. The number of hydrogen-bond donors (Lipinski definition) is 3. The Hall–Kier alpha value is -4.11. The summed E-state index contributed by atoms with van der Waals surface area (Å²) in [5, 5.41) is 8.53. The van der Waals surface area contributed by atoms with E-state index in [1.165, 1.54) is 7.11 Å². The number of hydrogen-bond acceptors (Lipinski definition) is 6. The summed E-state index contributed by atoms with van der Waals surface area (Å²) in [6.45, 7) is 4.50. The van der Waals surface area contributed by atoms with Gasteiger partial charge in [-0.2, -0.15) is 0 Å². The minimum absolute atomic E-state index is 0.0901. The molecule has 2 amide bonds. The van der Waals surface area contributed by atoms with E-state index < -0.39 is 5.91 Å². The van der Waals surface area contributed by atoms with Gasteiger partial charge in [0.1, 0.15) is 0 Å². The SMILES string of the molecule is CCOc1cc(C(=O)NC(=S)Nc2cccc(NC(=O)c3ccccc3)c2)cc(OC)c1OCC. The maximum Gasteiger partial charge on any atom is 0.257 e. The smallest absolute Gasteiger partial charge is 0.257 e. The first-order chi connectivity index (χ1) is 16.9. The van der Waals surface area contributed by atoms with Crippen LogP contribution in [0.3, 0.4) is 0 Å². The summed E-state index contributed by atoms with van der Waals surface area (Å²) in [7, 11) is 1.49. The van der Waals surface area contributed by atoms with Crippen molar-refractivity contribution in [1.29, 1.82) is 0 Å². The van der Waals surface area contributed by atoms with Gasteiger partial charge in [-0.3, -0.25) is 14.9 Å². The monoisotopic (exact) mass is 493 g/mol. The molecule has 182 valence electrons. The Morgan fingerprint density at radius 1 is 0.771 bits per heavy atom. The Labute approximate surface area is 209 Å². The summed E-state index contributed by atoms with van der Waals surface area (Å²) in [6, 6.07) is 19.0. The fourth-order valence-electron chi connectivity index (χ4n) is 3.21. The first-order valence-corrected chi connectivity index (χ1v) is 11.4. The van der Waals surface area contributed by atoms with Crippen LogP contribution in [0.2, 0.25) is 0 Å². The molecule has 0 unspecified atom stereocenters. The van der Waals surface area contributed by atoms with E-state index in [-0.39, 0.29) is 11.0 Å². The molecule has 0 saturated carbocycles.